The zero-order valence-corrected chi connectivity index (χ0v) is 21.8. The van der Waals surface area contributed by atoms with Gasteiger partial charge in [-0.1, -0.05) is 67.0 Å². The SMILES string of the molecule is CC1(C)CC[C@]2(C)CC[C@]3(C)C(=CC[C@@H]4[C@]5(C)CCC(=O)C(C)(C)[C@@H]5CC[C@@]43C)[C@H]2C1. The first-order valence-electron chi connectivity index (χ1n) is 13.4. The van der Waals surface area contributed by atoms with Gasteiger partial charge in [-0.15, -0.1) is 0 Å². The Kier molecular flexibility index (Phi) is 4.51. The number of hydrogen-bond donors (Lipinski definition) is 0. The smallest absolute Gasteiger partial charge is 0.138 e. The first-order valence-corrected chi connectivity index (χ1v) is 13.4. The second-order valence-electron chi connectivity index (χ2n) is 15.0. The number of fused-ring (bicyclic) bond motifs is 7. The van der Waals surface area contributed by atoms with Crippen molar-refractivity contribution in [3.05, 3.63) is 11.6 Å². The topological polar surface area (TPSA) is 17.1 Å². The molecule has 1 heteroatoms. The fourth-order valence-corrected chi connectivity index (χ4v) is 10.3. The number of allylic oxidation sites excluding steroid dienone is 2. The van der Waals surface area contributed by atoms with Crippen molar-refractivity contribution >= 4 is 5.78 Å². The van der Waals surface area contributed by atoms with Crippen molar-refractivity contribution in [2.24, 2.45) is 50.2 Å². The molecule has 4 saturated carbocycles. The summed E-state index contributed by atoms with van der Waals surface area (Å²) in [7, 11) is 0. The molecule has 0 heterocycles. The number of Topliss-reactive ketones (excluding diaryl/α,β-unsaturated/α-hetero) is 1. The van der Waals surface area contributed by atoms with E-state index in [0.29, 0.717) is 38.8 Å². The summed E-state index contributed by atoms with van der Waals surface area (Å²) in [6.45, 7) is 20.1. The molecular formula is C30H48O. The molecule has 0 spiro atoms. The maximum Gasteiger partial charge on any atom is 0.138 e. The highest BCUT2D eigenvalue weighted by Crippen LogP contribution is 2.75. The Morgan fingerprint density at radius 3 is 2.19 bits per heavy atom. The summed E-state index contributed by atoms with van der Waals surface area (Å²) >= 11 is 0. The zero-order chi connectivity index (χ0) is 22.7. The highest BCUT2D eigenvalue weighted by Gasteiger charge is 2.67. The van der Waals surface area contributed by atoms with Gasteiger partial charge in [0.25, 0.3) is 0 Å². The number of carbonyl (C=O) groups is 1. The first-order chi connectivity index (χ1) is 14.2. The molecular weight excluding hydrogens is 376 g/mol. The van der Waals surface area contributed by atoms with Crippen LogP contribution in [0.15, 0.2) is 11.6 Å². The minimum atomic E-state index is -0.141. The van der Waals surface area contributed by atoms with Gasteiger partial charge in [0.2, 0.25) is 0 Å². The Bertz CT molecular complexity index is 831. The van der Waals surface area contributed by atoms with Crippen LogP contribution in [0.4, 0.5) is 0 Å². The molecule has 1 nitrogen and oxygen atoms in total. The molecule has 0 radical (unpaired) electrons. The van der Waals surface area contributed by atoms with Gasteiger partial charge in [-0.2, -0.15) is 0 Å². The molecule has 31 heavy (non-hydrogen) atoms. The van der Waals surface area contributed by atoms with Crippen LogP contribution < -0.4 is 0 Å². The van der Waals surface area contributed by atoms with E-state index in [0.717, 1.165) is 24.7 Å². The van der Waals surface area contributed by atoms with E-state index in [1.807, 2.05) is 5.57 Å². The van der Waals surface area contributed by atoms with E-state index in [4.69, 9.17) is 0 Å². The van der Waals surface area contributed by atoms with Crippen LogP contribution in [0, 0.1) is 50.2 Å². The van der Waals surface area contributed by atoms with E-state index in [9.17, 15) is 4.79 Å². The Morgan fingerprint density at radius 2 is 1.48 bits per heavy atom. The molecule has 0 saturated heterocycles. The molecule has 5 aliphatic rings. The van der Waals surface area contributed by atoms with Crippen molar-refractivity contribution in [3.8, 4) is 0 Å². The number of carbonyl (C=O) groups excluding carboxylic acids is 1. The fraction of sp³-hybridized carbons (Fsp3) is 0.900. The van der Waals surface area contributed by atoms with E-state index < -0.39 is 0 Å². The van der Waals surface area contributed by atoms with Crippen molar-refractivity contribution < 1.29 is 4.79 Å². The van der Waals surface area contributed by atoms with Crippen molar-refractivity contribution in [3.63, 3.8) is 0 Å². The molecule has 0 aromatic carbocycles. The predicted octanol–water partition coefficient (Wildman–Crippen LogP) is 8.38. The van der Waals surface area contributed by atoms with Gasteiger partial charge in [-0.25, -0.2) is 0 Å². The predicted molar refractivity (Wildman–Crippen MR) is 130 cm³/mol. The van der Waals surface area contributed by atoms with Crippen molar-refractivity contribution in [2.75, 3.05) is 0 Å². The average Bonchev–Trinajstić information content (AvgIpc) is 2.67. The molecule has 0 unspecified atom stereocenters. The average molecular weight is 425 g/mol. The van der Waals surface area contributed by atoms with E-state index in [-0.39, 0.29) is 5.41 Å². The Hall–Kier alpha value is -0.590. The molecule has 5 aliphatic carbocycles. The maximum absolute atomic E-state index is 12.9. The highest BCUT2D eigenvalue weighted by atomic mass is 16.1. The zero-order valence-electron chi connectivity index (χ0n) is 21.8. The van der Waals surface area contributed by atoms with Crippen LogP contribution in [-0.4, -0.2) is 5.78 Å². The number of ketones is 1. The lowest BCUT2D eigenvalue weighted by Gasteiger charge is -2.70. The van der Waals surface area contributed by atoms with Crippen LogP contribution in [0.3, 0.4) is 0 Å². The van der Waals surface area contributed by atoms with Gasteiger partial charge in [-0.05, 0) is 103 Å². The summed E-state index contributed by atoms with van der Waals surface area (Å²) in [5.41, 5.74) is 3.75. The standard InChI is InChI=1S/C30H48O/c1-25(2)15-16-27(5)17-18-29(7)20(21(27)19-25)9-10-23-28(6)13-12-24(31)26(3,4)22(28)11-14-30(23,29)8/h9,21-23H,10-19H2,1-8H3/t21-,22+,23-,27-,28-,29-,30+/m1/s1. The lowest BCUT2D eigenvalue weighted by Crippen LogP contribution is -2.64. The molecule has 4 fully saturated rings. The van der Waals surface area contributed by atoms with Crippen LogP contribution in [0.25, 0.3) is 0 Å². The van der Waals surface area contributed by atoms with E-state index in [1.165, 1.54) is 51.4 Å². The maximum atomic E-state index is 12.9. The second kappa shape index (κ2) is 6.29. The fourth-order valence-electron chi connectivity index (χ4n) is 10.3. The Morgan fingerprint density at radius 1 is 0.806 bits per heavy atom. The largest absolute Gasteiger partial charge is 0.299 e. The number of hydrogen-bond acceptors (Lipinski definition) is 1. The molecule has 174 valence electrons. The molecule has 0 aromatic heterocycles. The van der Waals surface area contributed by atoms with Gasteiger partial charge < -0.3 is 0 Å². The lowest BCUT2D eigenvalue weighted by molar-refractivity contribution is -0.184. The van der Waals surface area contributed by atoms with Crippen LogP contribution in [0.2, 0.25) is 0 Å². The Balaban J connectivity index is 1.58. The molecule has 0 bridgehead atoms. The monoisotopic (exact) mass is 424 g/mol. The summed E-state index contributed by atoms with van der Waals surface area (Å²) in [4.78, 5) is 12.9. The molecule has 0 N–H and O–H groups in total. The molecule has 0 aliphatic heterocycles. The van der Waals surface area contributed by atoms with Gasteiger partial charge in [0.05, 0.1) is 0 Å². The summed E-state index contributed by atoms with van der Waals surface area (Å²) in [6.07, 6.45) is 15.5. The van der Waals surface area contributed by atoms with Crippen molar-refractivity contribution in [1.82, 2.24) is 0 Å². The minimum Gasteiger partial charge on any atom is -0.299 e. The Labute approximate surface area is 192 Å². The van der Waals surface area contributed by atoms with Gasteiger partial charge in [0, 0.05) is 11.8 Å². The summed E-state index contributed by atoms with van der Waals surface area (Å²) < 4.78 is 0. The van der Waals surface area contributed by atoms with Crippen LogP contribution in [0.5, 0.6) is 0 Å². The van der Waals surface area contributed by atoms with Gasteiger partial charge in [0.1, 0.15) is 5.78 Å². The third-order valence-corrected chi connectivity index (χ3v) is 12.8. The van der Waals surface area contributed by atoms with Crippen LogP contribution in [-0.2, 0) is 4.79 Å². The van der Waals surface area contributed by atoms with Crippen LogP contribution >= 0.6 is 0 Å². The lowest BCUT2D eigenvalue weighted by atomic mass is 9.34. The van der Waals surface area contributed by atoms with Gasteiger partial charge >= 0.3 is 0 Å². The summed E-state index contributed by atoms with van der Waals surface area (Å²) in [5.74, 6) is 2.58. The van der Waals surface area contributed by atoms with E-state index in [2.05, 4.69) is 61.5 Å². The van der Waals surface area contributed by atoms with Gasteiger partial charge in [-0.3, -0.25) is 4.79 Å². The quantitative estimate of drug-likeness (QED) is 0.357. The molecule has 5 rings (SSSR count). The third kappa shape index (κ3) is 2.70. The summed E-state index contributed by atoms with van der Waals surface area (Å²) in [5, 5.41) is 0. The highest BCUT2D eigenvalue weighted by molar-refractivity contribution is 5.85. The van der Waals surface area contributed by atoms with Gasteiger partial charge in [0.15, 0.2) is 0 Å². The molecule has 0 amide bonds. The van der Waals surface area contributed by atoms with E-state index >= 15 is 0 Å². The summed E-state index contributed by atoms with van der Waals surface area (Å²) in [6, 6.07) is 0. The normalized spacial score (nSPS) is 52.8. The molecule has 0 aromatic rings. The molecule has 7 atom stereocenters. The third-order valence-electron chi connectivity index (χ3n) is 12.8. The van der Waals surface area contributed by atoms with Crippen LogP contribution in [0.1, 0.15) is 120 Å². The van der Waals surface area contributed by atoms with E-state index in [1.54, 1.807) is 0 Å². The van der Waals surface area contributed by atoms with Crippen molar-refractivity contribution in [1.29, 1.82) is 0 Å². The second-order valence-corrected chi connectivity index (χ2v) is 15.0. The van der Waals surface area contributed by atoms with Crippen molar-refractivity contribution in [2.45, 2.75) is 120 Å². The minimum absolute atomic E-state index is 0.141. The number of rotatable bonds is 0. The first kappa shape index (κ1) is 22.2.